The Kier molecular flexibility index (Phi) is 4.81. The molecule has 0 heterocycles. The zero-order valence-corrected chi connectivity index (χ0v) is 13.3. The average Bonchev–Trinajstić information content (AvgIpc) is 2.37. The molecule has 0 saturated heterocycles. The van der Waals surface area contributed by atoms with E-state index in [1.54, 1.807) is 24.3 Å². The van der Waals surface area contributed by atoms with Crippen LogP contribution in [0.15, 0.2) is 36.4 Å². The van der Waals surface area contributed by atoms with Crippen LogP contribution in [0.25, 0.3) is 0 Å². The van der Waals surface area contributed by atoms with Crippen molar-refractivity contribution in [3.05, 3.63) is 67.0 Å². The number of halogens is 4. The van der Waals surface area contributed by atoms with E-state index in [-0.39, 0.29) is 17.2 Å². The summed E-state index contributed by atoms with van der Waals surface area (Å²) in [6, 6.07) is 9.41. The first-order valence-electron chi connectivity index (χ1n) is 5.39. The predicted octanol–water partition coefficient (Wildman–Crippen LogP) is 5.16. The molecule has 0 saturated carbocycles. The topological polar surface area (TPSA) is 17.1 Å². The predicted molar refractivity (Wildman–Crippen MR) is 83.6 cm³/mol. The van der Waals surface area contributed by atoms with Gasteiger partial charge in [-0.05, 0) is 52.4 Å². The van der Waals surface area contributed by atoms with Crippen molar-refractivity contribution in [1.29, 1.82) is 0 Å². The van der Waals surface area contributed by atoms with E-state index in [1.165, 1.54) is 12.1 Å². The van der Waals surface area contributed by atoms with Gasteiger partial charge < -0.3 is 0 Å². The smallest absolute Gasteiger partial charge is 0.167 e. The molecule has 0 unspecified atom stereocenters. The number of carbonyl (C=O) groups is 1. The molecule has 0 N–H and O–H groups in total. The van der Waals surface area contributed by atoms with Crippen LogP contribution < -0.4 is 0 Å². The summed E-state index contributed by atoms with van der Waals surface area (Å²) in [5, 5.41) is 0.564. The Bertz CT molecular complexity index is 643. The highest BCUT2D eigenvalue weighted by molar-refractivity contribution is 14.1. The van der Waals surface area contributed by atoms with Crippen molar-refractivity contribution >= 4 is 51.6 Å². The quantitative estimate of drug-likeness (QED) is 0.506. The summed E-state index contributed by atoms with van der Waals surface area (Å²) < 4.78 is 13.9. The number of hydrogen-bond donors (Lipinski definition) is 0. The van der Waals surface area contributed by atoms with E-state index in [2.05, 4.69) is 22.6 Å². The van der Waals surface area contributed by atoms with Gasteiger partial charge in [-0.25, -0.2) is 4.39 Å². The van der Waals surface area contributed by atoms with Crippen LogP contribution in [0.2, 0.25) is 10.0 Å². The highest BCUT2D eigenvalue weighted by Gasteiger charge is 2.10. The highest BCUT2D eigenvalue weighted by atomic mass is 127. The summed E-state index contributed by atoms with van der Waals surface area (Å²) in [6.07, 6.45) is 0.164. The molecule has 98 valence electrons. The third-order valence-corrected chi connectivity index (χ3v) is 4.45. The van der Waals surface area contributed by atoms with Crippen LogP contribution in [-0.2, 0) is 6.42 Å². The lowest BCUT2D eigenvalue weighted by Gasteiger charge is -2.04. The molecule has 0 spiro atoms. The molecule has 2 aromatic rings. The van der Waals surface area contributed by atoms with Gasteiger partial charge in [0.1, 0.15) is 5.82 Å². The number of ketones is 1. The van der Waals surface area contributed by atoms with E-state index in [4.69, 9.17) is 23.2 Å². The molecule has 1 nitrogen and oxygen atoms in total. The zero-order valence-electron chi connectivity index (χ0n) is 9.59. The van der Waals surface area contributed by atoms with E-state index in [9.17, 15) is 9.18 Å². The number of rotatable bonds is 3. The minimum absolute atomic E-state index is 0.0194. The van der Waals surface area contributed by atoms with Gasteiger partial charge in [0.2, 0.25) is 0 Å². The normalized spacial score (nSPS) is 10.5. The van der Waals surface area contributed by atoms with Gasteiger partial charge in [0.15, 0.2) is 5.78 Å². The highest BCUT2D eigenvalue weighted by Crippen LogP contribution is 2.21. The summed E-state index contributed by atoms with van der Waals surface area (Å²) in [6.45, 7) is 0. The minimum atomic E-state index is -0.491. The third kappa shape index (κ3) is 3.68. The van der Waals surface area contributed by atoms with E-state index in [0.29, 0.717) is 16.1 Å². The van der Waals surface area contributed by atoms with Crippen molar-refractivity contribution in [1.82, 2.24) is 0 Å². The number of hydrogen-bond acceptors (Lipinski definition) is 1. The van der Waals surface area contributed by atoms with Gasteiger partial charge >= 0.3 is 0 Å². The van der Waals surface area contributed by atoms with Crippen molar-refractivity contribution in [2.24, 2.45) is 0 Å². The van der Waals surface area contributed by atoms with E-state index < -0.39 is 5.82 Å². The van der Waals surface area contributed by atoms with Gasteiger partial charge in [0.05, 0.1) is 10.0 Å². The molecule has 0 bridgehead atoms. The second-order valence-corrected chi connectivity index (χ2v) is 5.95. The number of Topliss-reactive ketones (excluding diaryl/α,β-unsaturated/α-hetero) is 1. The second-order valence-electron chi connectivity index (χ2n) is 3.98. The Morgan fingerprint density at radius 1 is 1.11 bits per heavy atom. The Labute approximate surface area is 133 Å². The van der Waals surface area contributed by atoms with Crippen molar-refractivity contribution in [2.75, 3.05) is 0 Å². The Morgan fingerprint density at radius 2 is 1.84 bits per heavy atom. The van der Waals surface area contributed by atoms with Gasteiger partial charge in [0, 0.05) is 15.6 Å². The van der Waals surface area contributed by atoms with Crippen LogP contribution in [0.4, 0.5) is 4.39 Å². The largest absolute Gasteiger partial charge is 0.294 e. The van der Waals surface area contributed by atoms with Gasteiger partial charge in [-0.15, -0.1) is 0 Å². The molecule has 0 fully saturated rings. The molecule has 0 aliphatic carbocycles. The van der Waals surface area contributed by atoms with Gasteiger partial charge in [0.25, 0.3) is 0 Å². The standard InChI is InChI=1S/C14H8Cl2FIO/c15-10-5-8(1-3-12(10)17)6-14(19)9-2-4-13(18)11(16)7-9/h1-5,7H,6H2. The molecule has 19 heavy (non-hydrogen) atoms. The van der Waals surface area contributed by atoms with Gasteiger partial charge in [-0.1, -0.05) is 35.3 Å². The third-order valence-electron chi connectivity index (χ3n) is 2.59. The summed E-state index contributed by atoms with van der Waals surface area (Å²) >= 11 is 13.8. The number of benzene rings is 2. The minimum Gasteiger partial charge on any atom is -0.294 e. The monoisotopic (exact) mass is 408 g/mol. The molecule has 0 atom stereocenters. The van der Waals surface area contributed by atoms with Crippen molar-refractivity contribution in [3.63, 3.8) is 0 Å². The first-order valence-corrected chi connectivity index (χ1v) is 7.23. The van der Waals surface area contributed by atoms with Crippen LogP contribution in [0, 0.1) is 9.39 Å². The first kappa shape index (κ1) is 14.8. The fraction of sp³-hybridized carbons (Fsp3) is 0.0714. The van der Waals surface area contributed by atoms with E-state index >= 15 is 0 Å². The molecule has 0 amide bonds. The SMILES string of the molecule is O=C(Cc1ccc(F)c(Cl)c1)c1ccc(I)c(Cl)c1. The van der Waals surface area contributed by atoms with Gasteiger partial charge in [-0.2, -0.15) is 0 Å². The Balaban J connectivity index is 2.20. The average molecular weight is 409 g/mol. The molecule has 2 rings (SSSR count). The lowest BCUT2D eigenvalue weighted by Crippen LogP contribution is -2.04. The fourth-order valence-electron chi connectivity index (χ4n) is 1.61. The Hall–Kier alpha value is -0.650. The lowest BCUT2D eigenvalue weighted by atomic mass is 10.0. The van der Waals surface area contributed by atoms with Crippen molar-refractivity contribution < 1.29 is 9.18 Å². The molecule has 0 radical (unpaired) electrons. The van der Waals surface area contributed by atoms with Crippen LogP contribution in [0.3, 0.4) is 0 Å². The molecular formula is C14H8Cl2FIO. The van der Waals surface area contributed by atoms with Crippen molar-refractivity contribution in [3.8, 4) is 0 Å². The van der Waals surface area contributed by atoms with Crippen LogP contribution in [0.1, 0.15) is 15.9 Å². The van der Waals surface area contributed by atoms with Crippen LogP contribution in [-0.4, -0.2) is 5.78 Å². The maximum atomic E-state index is 13.0. The Morgan fingerprint density at radius 3 is 2.47 bits per heavy atom. The molecule has 5 heteroatoms. The lowest BCUT2D eigenvalue weighted by molar-refractivity contribution is 0.0993. The first-order chi connectivity index (χ1) is 8.97. The molecule has 0 aromatic heterocycles. The van der Waals surface area contributed by atoms with E-state index in [1.807, 2.05) is 0 Å². The summed E-state index contributed by atoms with van der Waals surface area (Å²) in [7, 11) is 0. The van der Waals surface area contributed by atoms with Crippen LogP contribution >= 0.6 is 45.8 Å². The molecular weight excluding hydrogens is 401 g/mol. The van der Waals surface area contributed by atoms with E-state index in [0.717, 1.165) is 3.57 Å². The summed E-state index contributed by atoms with van der Waals surface area (Å²) in [5.74, 6) is -0.573. The molecule has 2 aromatic carbocycles. The summed E-state index contributed by atoms with van der Waals surface area (Å²) in [4.78, 5) is 12.1. The summed E-state index contributed by atoms with van der Waals surface area (Å²) in [5.41, 5.74) is 1.21. The maximum Gasteiger partial charge on any atom is 0.167 e. The second kappa shape index (κ2) is 6.20. The van der Waals surface area contributed by atoms with Gasteiger partial charge in [-0.3, -0.25) is 4.79 Å². The fourth-order valence-corrected chi connectivity index (χ4v) is 2.33. The van der Waals surface area contributed by atoms with Crippen LogP contribution in [0.5, 0.6) is 0 Å². The van der Waals surface area contributed by atoms with Crippen molar-refractivity contribution in [2.45, 2.75) is 6.42 Å². The maximum absolute atomic E-state index is 13.0. The number of carbonyl (C=O) groups excluding carboxylic acids is 1. The molecule has 0 aliphatic rings. The zero-order chi connectivity index (χ0) is 14.0. The molecule has 0 aliphatic heterocycles.